The minimum Gasteiger partial charge on any atom is -0.341 e. The Morgan fingerprint density at radius 2 is 1.88 bits per heavy atom. The summed E-state index contributed by atoms with van der Waals surface area (Å²) in [4.78, 5) is 18.5. The van der Waals surface area contributed by atoms with Crippen molar-refractivity contribution in [3.05, 3.63) is 93.8 Å². The molecule has 0 saturated carbocycles. The van der Waals surface area contributed by atoms with Crippen molar-refractivity contribution in [3.63, 3.8) is 0 Å². The van der Waals surface area contributed by atoms with Crippen molar-refractivity contribution < 1.29 is 34.8 Å². The minimum absolute atomic E-state index is 0.0451. The van der Waals surface area contributed by atoms with Crippen LogP contribution in [0.4, 0.5) is 13.2 Å². The molecule has 2 heterocycles. The molecule has 1 aliphatic heterocycles. The number of carbonyl (C=O) groups excluding carboxylic acids is 1. The molecular weight excluding hydrogens is 619 g/mol. The summed E-state index contributed by atoms with van der Waals surface area (Å²) in [6.07, 6.45) is -5.40. The van der Waals surface area contributed by atoms with Gasteiger partial charge in [0.2, 0.25) is 26.0 Å². The number of hydrogen-bond acceptors (Lipinski definition) is 7. The number of benzene rings is 3. The van der Waals surface area contributed by atoms with Crippen LogP contribution in [0.2, 0.25) is 5.02 Å². The number of aromatic amines is 1. The van der Waals surface area contributed by atoms with Crippen LogP contribution < -0.4 is 9.44 Å². The van der Waals surface area contributed by atoms with Gasteiger partial charge in [-0.15, -0.1) is 0 Å². The third kappa shape index (κ3) is 5.84. The highest BCUT2D eigenvalue weighted by Gasteiger charge is 2.39. The molecule has 16 heteroatoms. The van der Waals surface area contributed by atoms with Gasteiger partial charge >= 0.3 is 6.18 Å². The lowest BCUT2D eigenvalue weighted by Crippen LogP contribution is -2.31. The van der Waals surface area contributed by atoms with E-state index in [9.17, 15) is 40.1 Å². The predicted molar refractivity (Wildman–Crippen MR) is 145 cm³/mol. The zero-order valence-corrected chi connectivity index (χ0v) is 23.5. The first kappa shape index (κ1) is 29.5. The summed E-state index contributed by atoms with van der Waals surface area (Å²) in [5, 5.41) is 7.81. The van der Waals surface area contributed by atoms with E-state index < -0.39 is 58.9 Å². The summed E-state index contributed by atoms with van der Waals surface area (Å²) in [6.45, 7) is 0. The highest BCUT2D eigenvalue weighted by Crippen LogP contribution is 2.37. The van der Waals surface area contributed by atoms with Crippen molar-refractivity contribution in [2.24, 2.45) is 0 Å². The molecule has 3 N–H and O–H groups in total. The third-order valence-corrected chi connectivity index (χ3v) is 10.1. The average Bonchev–Trinajstić information content (AvgIpc) is 3.46. The number of nitrogens with one attached hydrogen (secondary N) is 3. The lowest BCUT2D eigenvalue weighted by atomic mass is 9.97. The number of H-pyrrole nitrogens is 1. The number of nitriles is 1. The van der Waals surface area contributed by atoms with Gasteiger partial charge in [-0.05, 0) is 53.9 Å². The molecule has 42 heavy (non-hydrogen) atoms. The Labute approximate surface area is 242 Å². The number of amides is 1. The summed E-state index contributed by atoms with van der Waals surface area (Å²) in [5.41, 5.74) is 0.178. The summed E-state index contributed by atoms with van der Waals surface area (Å²) in [7, 11) is -8.62. The Bertz CT molecular complexity index is 1960. The maximum atomic E-state index is 13.4. The monoisotopic (exact) mass is 637 g/mol. The van der Waals surface area contributed by atoms with Crippen molar-refractivity contribution in [3.8, 4) is 6.07 Å². The van der Waals surface area contributed by atoms with Crippen molar-refractivity contribution >= 4 is 48.6 Å². The lowest BCUT2D eigenvalue weighted by molar-refractivity contribution is -0.137. The van der Waals surface area contributed by atoms with Crippen molar-refractivity contribution in [2.75, 3.05) is 0 Å². The van der Waals surface area contributed by atoms with Crippen LogP contribution >= 0.6 is 11.6 Å². The number of alkyl halides is 3. The van der Waals surface area contributed by atoms with Gasteiger partial charge in [-0.25, -0.2) is 26.5 Å². The standard InChI is InChI=1S/C26H19ClF3N5O5S2/c27-19-8-6-16(11-18(19)26(28,29)30)41(37,38)34-22(25-32-20-3-1-2-4-21(20)33-25)10-14-5-7-17(15(9-14)13-31)23-12-24(36)35-42(23,39)40/h1-9,11,22-23,34H,10,12H2,(H,32,33)(H,35,36)/t22?,23-/m0/s1. The normalized spacial score (nSPS) is 17.6. The quantitative estimate of drug-likeness (QED) is 0.273. The van der Waals surface area contributed by atoms with Gasteiger partial charge in [-0.2, -0.15) is 18.4 Å². The van der Waals surface area contributed by atoms with Crippen molar-refractivity contribution in [1.29, 1.82) is 5.26 Å². The number of halogens is 4. The van der Waals surface area contributed by atoms with E-state index in [0.29, 0.717) is 22.7 Å². The summed E-state index contributed by atoms with van der Waals surface area (Å²) < 4.78 is 96.0. The fourth-order valence-corrected chi connectivity index (χ4v) is 7.55. The molecule has 10 nitrogen and oxygen atoms in total. The molecule has 3 aromatic carbocycles. The van der Waals surface area contributed by atoms with E-state index in [2.05, 4.69) is 14.7 Å². The fraction of sp³-hybridized carbons (Fsp3) is 0.192. The zero-order chi connectivity index (χ0) is 30.4. The number of sulfonamides is 2. The van der Waals surface area contributed by atoms with Gasteiger partial charge in [0.25, 0.3) is 0 Å². The van der Waals surface area contributed by atoms with Gasteiger partial charge in [0.15, 0.2) is 0 Å². The highest BCUT2D eigenvalue weighted by atomic mass is 35.5. The molecule has 4 aromatic rings. The summed E-state index contributed by atoms with van der Waals surface area (Å²) in [5.74, 6) is -0.566. The van der Waals surface area contributed by atoms with Gasteiger partial charge in [0.1, 0.15) is 11.1 Å². The smallest absolute Gasteiger partial charge is 0.341 e. The SMILES string of the molecule is N#Cc1cc(CC(NS(=O)(=O)c2ccc(Cl)c(C(F)(F)F)c2)c2nc3ccccc3[nH]2)ccc1[C@@H]1CC(=O)NS1(=O)=O. The number of hydrogen-bond donors (Lipinski definition) is 3. The van der Waals surface area contributed by atoms with E-state index in [0.717, 1.165) is 12.1 Å². The maximum Gasteiger partial charge on any atom is 0.417 e. The van der Waals surface area contributed by atoms with Crippen LogP contribution in [0.25, 0.3) is 11.0 Å². The second kappa shape index (κ2) is 10.7. The first-order chi connectivity index (χ1) is 19.7. The molecule has 1 fully saturated rings. The predicted octanol–water partition coefficient (Wildman–Crippen LogP) is 4.26. The number of aromatic nitrogens is 2. The van der Waals surface area contributed by atoms with Crippen LogP contribution in [0.15, 0.2) is 65.6 Å². The Morgan fingerprint density at radius 3 is 2.52 bits per heavy atom. The van der Waals surface area contributed by atoms with E-state index in [-0.39, 0.29) is 29.8 Å². The molecule has 0 bridgehead atoms. The van der Waals surface area contributed by atoms with Crippen molar-refractivity contribution in [1.82, 2.24) is 19.4 Å². The van der Waals surface area contributed by atoms with E-state index in [4.69, 9.17) is 11.6 Å². The van der Waals surface area contributed by atoms with Crippen LogP contribution in [0, 0.1) is 11.3 Å². The van der Waals surface area contributed by atoms with Gasteiger partial charge in [0, 0.05) is 0 Å². The van der Waals surface area contributed by atoms with Crippen LogP contribution in [0.1, 0.15) is 45.8 Å². The number of imidazole rings is 1. The molecule has 5 rings (SSSR count). The van der Waals surface area contributed by atoms with Crippen molar-refractivity contribution in [2.45, 2.75) is 35.2 Å². The molecular formula is C26H19ClF3N5O5S2. The average molecular weight is 638 g/mol. The van der Waals surface area contributed by atoms with Crippen LogP contribution in [0.3, 0.4) is 0 Å². The first-order valence-corrected chi connectivity index (χ1v) is 15.5. The van der Waals surface area contributed by atoms with E-state index in [1.165, 1.54) is 18.2 Å². The topological polar surface area (TPSA) is 162 Å². The molecule has 0 spiro atoms. The van der Waals surface area contributed by atoms with Gasteiger partial charge < -0.3 is 4.98 Å². The number of para-hydroxylation sites is 2. The molecule has 1 aromatic heterocycles. The molecule has 1 unspecified atom stereocenters. The van der Waals surface area contributed by atoms with E-state index in [1.807, 2.05) is 10.8 Å². The Hall–Kier alpha value is -3.97. The highest BCUT2D eigenvalue weighted by molar-refractivity contribution is 7.90. The number of fused-ring (bicyclic) bond motifs is 1. The second-order valence-corrected chi connectivity index (χ2v) is 13.4. The van der Waals surface area contributed by atoms with Crippen LogP contribution in [-0.4, -0.2) is 32.7 Å². The van der Waals surface area contributed by atoms with Crippen LogP contribution in [0.5, 0.6) is 0 Å². The third-order valence-electron chi connectivity index (χ3n) is 6.62. The largest absolute Gasteiger partial charge is 0.417 e. The first-order valence-electron chi connectivity index (χ1n) is 12.1. The molecule has 1 amide bonds. The van der Waals surface area contributed by atoms with E-state index >= 15 is 0 Å². The zero-order valence-electron chi connectivity index (χ0n) is 21.1. The molecule has 0 aliphatic carbocycles. The van der Waals surface area contributed by atoms with Gasteiger partial charge in [-0.1, -0.05) is 35.9 Å². The van der Waals surface area contributed by atoms with Gasteiger partial charge in [0.05, 0.1) is 50.6 Å². The summed E-state index contributed by atoms with van der Waals surface area (Å²) in [6, 6.07) is 14.0. The molecule has 0 radical (unpaired) electrons. The van der Waals surface area contributed by atoms with Crippen LogP contribution in [-0.2, 0) is 37.4 Å². The van der Waals surface area contributed by atoms with E-state index in [1.54, 1.807) is 24.3 Å². The number of rotatable bonds is 7. The Morgan fingerprint density at radius 1 is 1.14 bits per heavy atom. The number of carbonyl (C=O) groups is 1. The molecule has 1 aliphatic rings. The molecule has 1 saturated heterocycles. The second-order valence-electron chi connectivity index (χ2n) is 9.45. The molecule has 218 valence electrons. The minimum atomic E-state index is -4.90. The summed E-state index contributed by atoms with van der Waals surface area (Å²) >= 11 is 5.66. The Balaban J connectivity index is 1.54. The van der Waals surface area contributed by atoms with Gasteiger partial charge in [-0.3, -0.25) is 9.52 Å². The molecule has 2 atom stereocenters. The number of nitrogens with zero attached hydrogens (tertiary/aromatic N) is 2. The lowest BCUT2D eigenvalue weighted by Gasteiger charge is -2.19. The fourth-order valence-electron chi connectivity index (χ4n) is 4.65. The Kier molecular flexibility index (Phi) is 7.52. The maximum absolute atomic E-state index is 13.4.